The van der Waals surface area contributed by atoms with Crippen LogP contribution in [0.25, 0.3) is 44.5 Å². The minimum atomic E-state index is -1.59. The molecule has 41 heavy (non-hydrogen) atoms. The number of benzene rings is 4. The minimum absolute atomic E-state index is 0.0204. The van der Waals surface area contributed by atoms with E-state index in [2.05, 4.69) is 0 Å². The fraction of sp³-hybridized carbons (Fsp3) is 0. The van der Waals surface area contributed by atoms with Crippen LogP contribution < -0.4 is 5.43 Å². The summed E-state index contributed by atoms with van der Waals surface area (Å²) in [5.74, 6) is -4.83. The minimum Gasteiger partial charge on any atom is -0.506 e. The summed E-state index contributed by atoms with van der Waals surface area (Å²) in [7, 11) is 0. The van der Waals surface area contributed by atoms with Crippen LogP contribution in [0.5, 0.6) is 5.75 Å². The van der Waals surface area contributed by atoms with E-state index in [1.54, 1.807) is 0 Å². The van der Waals surface area contributed by atoms with E-state index in [1.165, 1.54) is 36.4 Å². The molecule has 13 heteroatoms. The van der Waals surface area contributed by atoms with Crippen LogP contribution in [0, 0.1) is 0 Å². The van der Waals surface area contributed by atoms with E-state index < -0.39 is 55.3 Å². The zero-order chi connectivity index (χ0) is 29.9. The maximum Gasteiger partial charge on any atom is 0.338 e. The molecule has 0 unspecified atom stereocenters. The van der Waals surface area contributed by atoms with Gasteiger partial charge in [0.05, 0.1) is 36.8 Å². The lowest BCUT2D eigenvalue weighted by molar-refractivity contribution is 0.0682. The normalized spacial score (nSPS) is 11.2. The number of phenolic OH excluding ortho intramolecular Hbond substituents is 1. The Morgan fingerprint density at radius 1 is 0.683 bits per heavy atom. The maximum absolute atomic E-state index is 13.2. The van der Waals surface area contributed by atoms with Gasteiger partial charge in [0.15, 0.2) is 5.43 Å². The summed E-state index contributed by atoms with van der Waals surface area (Å²) in [6.07, 6.45) is 0. The Kier molecular flexibility index (Phi) is 7.08. The molecule has 0 radical (unpaired) electrons. The molecular weight excluding hydrogens is 622 g/mol. The first-order valence-electron chi connectivity index (χ1n) is 11.3. The number of carboxylic acids is 3. The summed E-state index contributed by atoms with van der Waals surface area (Å²) >= 11 is 25.2. The molecule has 0 amide bonds. The first kappa shape index (κ1) is 28.3. The van der Waals surface area contributed by atoms with E-state index >= 15 is 0 Å². The highest BCUT2D eigenvalue weighted by molar-refractivity contribution is 6.49. The van der Waals surface area contributed by atoms with Gasteiger partial charge in [0.1, 0.15) is 17.1 Å². The number of hydrogen-bond acceptors (Lipinski definition) is 6. The van der Waals surface area contributed by atoms with Crippen LogP contribution in [-0.4, -0.2) is 38.3 Å². The zero-order valence-electron chi connectivity index (χ0n) is 20.0. The van der Waals surface area contributed by atoms with E-state index in [0.29, 0.717) is 5.56 Å². The number of halogens is 4. The summed E-state index contributed by atoms with van der Waals surface area (Å²) in [4.78, 5) is 49.0. The summed E-state index contributed by atoms with van der Waals surface area (Å²) in [5, 5.41) is 37.6. The van der Waals surface area contributed by atoms with Crippen LogP contribution in [0.4, 0.5) is 0 Å². The van der Waals surface area contributed by atoms with Crippen LogP contribution in [0.1, 0.15) is 31.1 Å². The molecule has 0 atom stereocenters. The molecule has 0 saturated carbocycles. The van der Waals surface area contributed by atoms with Gasteiger partial charge < -0.3 is 24.8 Å². The zero-order valence-corrected chi connectivity index (χ0v) is 23.0. The molecule has 0 fully saturated rings. The van der Waals surface area contributed by atoms with Crippen molar-refractivity contribution in [3.63, 3.8) is 0 Å². The van der Waals surface area contributed by atoms with Gasteiger partial charge in [-0.05, 0) is 29.8 Å². The van der Waals surface area contributed by atoms with Crippen LogP contribution in [-0.2, 0) is 0 Å². The van der Waals surface area contributed by atoms with Crippen molar-refractivity contribution in [1.29, 1.82) is 0 Å². The van der Waals surface area contributed by atoms with E-state index in [-0.39, 0.29) is 49.6 Å². The van der Waals surface area contributed by atoms with Crippen LogP contribution in [0.2, 0.25) is 20.1 Å². The van der Waals surface area contributed by atoms with Gasteiger partial charge in [0, 0.05) is 39.8 Å². The van der Waals surface area contributed by atoms with E-state index in [1.807, 2.05) is 0 Å². The molecule has 5 rings (SSSR count). The lowest BCUT2D eigenvalue weighted by Gasteiger charge is -2.21. The van der Waals surface area contributed by atoms with Gasteiger partial charge >= 0.3 is 17.9 Å². The second-order valence-corrected chi connectivity index (χ2v) is 10.2. The highest BCUT2D eigenvalue weighted by Gasteiger charge is 2.33. The maximum atomic E-state index is 13.2. The molecule has 2 aliphatic rings. The third-order valence-electron chi connectivity index (χ3n) is 6.33. The van der Waals surface area contributed by atoms with Gasteiger partial charge in [-0.1, -0.05) is 58.5 Å². The van der Waals surface area contributed by atoms with Gasteiger partial charge in [0.25, 0.3) is 0 Å². The van der Waals surface area contributed by atoms with E-state index in [0.717, 1.165) is 12.1 Å². The van der Waals surface area contributed by atoms with Crippen molar-refractivity contribution in [2.24, 2.45) is 0 Å². The van der Waals surface area contributed by atoms with Gasteiger partial charge in [-0.3, -0.25) is 4.79 Å². The fourth-order valence-electron chi connectivity index (χ4n) is 4.50. The predicted octanol–water partition coefficient (Wildman–Crippen LogP) is 7.65. The van der Waals surface area contributed by atoms with Gasteiger partial charge in [-0.15, -0.1) is 0 Å². The number of carboxylic acid groups (broad SMARTS) is 3. The van der Waals surface area contributed by atoms with Crippen LogP contribution in [0.15, 0.2) is 57.7 Å². The largest absolute Gasteiger partial charge is 0.506 e. The molecule has 0 saturated heterocycles. The lowest BCUT2D eigenvalue weighted by atomic mass is 9.87. The first-order valence-corrected chi connectivity index (χ1v) is 12.8. The number of fused-ring (bicyclic) bond motifs is 2. The molecule has 1 aliphatic heterocycles. The Labute approximate surface area is 248 Å². The molecule has 1 heterocycles. The standard InChI is InChI=1S/C28H12Cl4O9/c29-14-6-13-18(8-16(14)34)41-17-7-15(33)11(9-1-3-10(4-2-9)26(35)36)5-12(17)19(13)20-21(27(37)38)24(31)25(32)22(23(20)30)28(39)40/h1-8,34H,(H,35,36)(H,37,38)(H,39,40). The van der Waals surface area contributed by atoms with Crippen molar-refractivity contribution in [3.8, 4) is 39.3 Å². The predicted molar refractivity (Wildman–Crippen MR) is 153 cm³/mol. The van der Waals surface area contributed by atoms with Gasteiger partial charge in [0.2, 0.25) is 0 Å². The molecule has 1 aliphatic carbocycles. The summed E-state index contributed by atoms with van der Waals surface area (Å²) < 4.78 is 5.88. The molecule has 4 N–H and O–H groups in total. The number of aromatic hydroxyl groups is 1. The molecule has 3 aromatic carbocycles. The fourth-order valence-corrected chi connectivity index (χ4v) is 5.61. The van der Waals surface area contributed by atoms with Crippen molar-refractivity contribution in [1.82, 2.24) is 0 Å². The molecule has 9 nitrogen and oxygen atoms in total. The van der Waals surface area contributed by atoms with Crippen molar-refractivity contribution < 1.29 is 39.2 Å². The van der Waals surface area contributed by atoms with Crippen LogP contribution in [0.3, 0.4) is 0 Å². The van der Waals surface area contributed by atoms with Crippen molar-refractivity contribution in [2.75, 3.05) is 0 Å². The average Bonchev–Trinajstić information content (AvgIpc) is 2.90. The molecule has 206 valence electrons. The van der Waals surface area contributed by atoms with E-state index in [9.17, 15) is 39.6 Å². The Morgan fingerprint density at radius 3 is 1.88 bits per heavy atom. The summed E-state index contributed by atoms with van der Waals surface area (Å²) in [6, 6.07) is 10.3. The Morgan fingerprint density at radius 2 is 1.29 bits per heavy atom. The van der Waals surface area contributed by atoms with Crippen LogP contribution >= 0.6 is 46.4 Å². The number of carbonyl (C=O) groups is 3. The quantitative estimate of drug-likeness (QED) is 0.112. The second-order valence-electron chi connectivity index (χ2n) is 8.68. The van der Waals surface area contributed by atoms with Crippen molar-refractivity contribution >= 4 is 75.3 Å². The molecule has 0 aromatic heterocycles. The Hall–Kier alpha value is -4.28. The molecule has 3 aromatic rings. The second kappa shape index (κ2) is 10.3. The first-order chi connectivity index (χ1) is 19.3. The van der Waals surface area contributed by atoms with Gasteiger partial charge in [-0.25, -0.2) is 14.4 Å². The summed E-state index contributed by atoms with van der Waals surface area (Å²) in [6.45, 7) is 0. The van der Waals surface area contributed by atoms with Crippen molar-refractivity contribution in [3.05, 3.63) is 95.5 Å². The third kappa shape index (κ3) is 4.62. The number of phenols is 1. The molecular formula is C28H12Cl4O9. The van der Waals surface area contributed by atoms with Gasteiger partial charge in [-0.2, -0.15) is 0 Å². The number of aromatic carboxylic acids is 3. The lowest BCUT2D eigenvalue weighted by Crippen LogP contribution is -2.10. The Bertz CT molecular complexity index is 2000. The highest BCUT2D eigenvalue weighted by Crippen LogP contribution is 2.50. The van der Waals surface area contributed by atoms with Crippen molar-refractivity contribution in [2.45, 2.75) is 0 Å². The summed E-state index contributed by atoms with van der Waals surface area (Å²) in [5.41, 5.74) is -1.83. The number of hydrogen-bond donors (Lipinski definition) is 4. The SMILES string of the molecule is O=C(O)c1ccc(-c2cc3c(-c4c(Cl)c(C(=O)O)c(Cl)c(Cl)c4C(=O)O)c4cc(Cl)c(O)cc4oc-3cc2=O)cc1. The third-order valence-corrected chi connectivity index (χ3v) is 7.86. The van der Waals surface area contributed by atoms with E-state index in [4.69, 9.17) is 50.8 Å². The monoisotopic (exact) mass is 632 g/mol. The Balaban J connectivity index is 2.02. The highest BCUT2D eigenvalue weighted by atomic mass is 35.5. The topological polar surface area (TPSA) is 162 Å². The molecule has 0 bridgehead atoms. The molecule has 0 spiro atoms. The smallest absolute Gasteiger partial charge is 0.338 e. The number of rotatable bonds is 5. The average molecular weight is 634 g/mol.